The lowest BCUT2D eigenvalue weighted by Gasteiger charge is -2.14. The summed E-state index contributed by atoms with van der Waals surface area (Å²) in [5, 5.41) is 3.53. The van der Waals surface area contributed by atoms with E-state index in [0.717, 1.165) is 12.5 Å². The Hall–Kier alpha value is -0.300. The van der Waals surface area contributed by atoms with E-state index in [9.17, 15) is 0 Å². The monoisotopic (exact) mass is 183 g/mol. The summed E-state index contributed by atoms with van der Waals surface area (Å²) in [6.45, 7) is 12.2. The molecule has 0 aromatic heterocycles. The van der Waals surface area contributed by atoms with Crippen molar-refractivity contribution in [2.45, 2.75) is 53.5 Å². The highest BCUT2D eigenvalue weighted by atomic mass is 14.9. The average molecular weight is 183 g/mol. The van der Waals surface area contributed by atoms with E-state index in [0.29, 0.717) is 6.04 Å². The van der Waals surface area contributed by atoms with Crippen LogP contribution in [-0.4, -0.2) is 12.6 Å². The average Bonchev–Trinajstić information content (AvgIpc) is 2.00. The molecule has 0 amide bonds. The van der Waals surface area contributed by atoms with E-state index in [1.807, 2.05) is 0 Å². The van der Waals surface area contributed by atoms with Gasteiger partial charge in [-0.05, 0) is 46.1 Å². The molecule has 1 nitrogen and oxygen atoms in total. The fraction of sp³-hybridized carbons (Fsp3) is 0.833. The van der Waals surface area contributed by atoms with Crippen molar-refractivity contribution in [1.29, 1.82) is 0 Å². The Morgan fingerprint density at radius 1 is 1.23 bits per heavy atom. The van der Waals surface area contributed by atoms with Crippen LogP contribution in [0.4, 0.5) is 0 Å². The molecule has 0 bridgehead atoms. The molecule has 0 rings (SSSR count). The smallest absolute Gasteiger partial charge is 0.00417 e. The lowest BCUT2D eigenvalue weighted by Crippen LogP contribution is -2.29. The summed E-state index contributed by atoms with van der Waals surface area (Å²) in [6, 6.07) is 0.651. The van der Waals surface area contributed by atoms with Crippen molar-refractivity contribution < 1.29 is 0 Å². The highest BCUT2D eigenvalue weighted by Gasteiger charge is 2.00. The second-order valence-corrected chi connectivity index (χ2v) is 4.56. The zero-order valence-corrected chi connectivity index (χ0v) is 9.85. The van der Waals surface area contributed by atoms with Gasteiger partial charge in [-0.15, -0.1) is 0 Å². The Labute approximate surface area is 83.6 Å². The van der Waals surface area contributed by atoms with Crippen LogP contribution in [0.15, 0.2) is 11.6 Å². The maximum Gasteiger partial charge on any atom is 0.00417 e. The van der Waals surface area contributed by atoms with Gasteiger partial charge in [-0.1, -0.05) is 25.5 Å². The Morgan fingerprint density at radius 2 is 1.85 bits per heavy atom. The zero-order valence-electron chi connectivity index (χ0n) is 9.85. The first-order chi connectivity index (χ1) is 6.02. The van der Waals surface area contributed by atoms with E-state index in [1.165, 1.54) is 18.4 Å². The lowest BCUT2D eigenvalue weighted by molar-refractivity contribution is 0.466. The Morgan fingerprint density at radius 3 is 2.31 bits per heavy atom. The Kier molecular flexibility index (Phi) is 6.97. The first-order valence-corrected chi connectivity index (χ1v) is 5.39. The predicted molar refractivity (Wildman–Crippen MR) is 61.0 cm³/mol. The molecule has 0 saturated heterocycles. The van der Waals surface area contributed by atoms with Gasteiger partial charge in [-0.25, -0.2) is 0 Å². The van der Waals surface area contributed by atoms with Gasteiger partial charge in [0.2, 0.25) is 0 Å². The summed E-state index contributed by atoms with van der Waals surface area (Å²) in [6.07, 6.45) is 4.76. The highest BCUT2D eigenvalue weighted by Crippen LogP contribution is 2.01. The predicted octanol–water partition coefficient (Wildman–Crippen LogP) is 3.37. The first kappa shape index (κ1) is 12.7. The third-order valence-corrected chi connectivity index (χ3v) is 2.03. The normalized spacial score (nSPS) is 13.1. The maximum atomic E-state index is 3.53. The van der Waals surface area contributed by atoms with Crippen molar-refractivity contribution in [2.75, 3.05) is 6.54 Å². The van der Waals surface area contributed by atoms with Crippen LogP contribution < -0.4 is 5.32 Å². The molecule has 0 aromatic carbocycles. The zero-order chi connectivity index (χ0) is 10.3. The van der Waals surface area contributed by atoms with E-state index in [4.69, 9.17) is 0 Å². The first-order valence-electron chi connectivity index (χ1n) is 5.39. The van der Waals surface area contributed by atoms with Gasteiger partial charge in [0.15, 0.2) is 0 Å². The molecule has 13 heavy (non-hydrogen) atoms. The molecule has 0 saturated carbocycles. The molecule has 0 aliphatic carbocycles. The minimum absolute atomic E-state index is 0.651. The summed E-state index contributed by atoms with van der Waals surface area (Å²) >= 11 is 0. The maximum absolute atomic E-state index is 3.53. The molecule has 0 heterocycles. The largest absolute Gasteiger partial charge is 0.314 e. The van der Waals surface area contributed by atoms with Gasteiger partial charge in [0, 0.05) is 6.04 Å². The van der Waals surface area contributed by atoms with Crippen LogP contribution in [0, 0.1) is 5.92 Å². The molecule has 0 aromatic rings. The highest BCUT2D eigenvalue weighted by molar-refractivity contribution is 4.93. The van der Waals surface area contributed by atoms with E-state index in [2.05, 4.69) is 46.0 Å². The second-order valence-electron chi connectivity index (χ2n) is 4.56. The fourth-order valence-corrected chi connectivity index (χ4v) is 1.16. The van der Waals surface area contributed by atoms with Gasteiger partial charge >= 0.3 is 0 Å². The van der Waals surface area contributed by atoms with Gasteiger partial charge in [0.05, 0.1) is 0 Å². The van der Waals surface area contributed by atoms with Crippen LogP contribution >= 0.6 is 0 Å². The van der Waals surface area contributed by atoms with Crippen LogP contribution in [0.3, 0.4) is 0 Å². The molecule has 0 unspecified atom stereocenters. The lowest BCUT2D eigenvalue weighted by atomic mass is 10.1. The van der Waals surface area contributed by atoms with Crippen molar-refractivity contribution in [1.82, 2.24) is 5.32 Å². The fourth-order valence-electron chi connectivity index (χ4n) is 1.16. The second kappa shape index (κ2) is 7.14. The van der Waals surface area contributed by atoms with Crippen LogP contribution in [0.25, 0.3) is 0 Å². The van der Waals surface area contributed by atoms with Crippen molar-refractivity contribution >= 4 is 0 Å². The van der Waals surface area contributed by atoms with Crippen LogP contribution in [-0.2, 0) is 0 Å². The molecule has 1 N–H and O–H groups in total. The van der Waals surface area contributed by atoms with E-state index < -0.39 is 0 Å². The quantitative estimate of drug-likeness (QED) is 0.623. The van der Waals surface area contributed by atoms with Gasteiger partial charge in [-0.2, -0.15) is 0 Å². The van der Waals surface area contributed by atoms with E-state index in [-0.39, 0.29) is 0 Å². The topological polar surface area (TPSA) is 12.0 Å². The minimum Gasteiger partial charge on any atom is -0.314 e. The summed E-state index contributed by atoms with van der Waals surface area (Å²) in [5.41, 5.74) is 1.43. The molecule has 78 valence electrons. The molecule has 0 spiro atoms. The summed E-state index contributed by atoms with van der Waals surface area (Å²) in [5.74, 6) is 0.755. The van der Waals surface area contributed by atoms with Gasteiger partial charge in [0.25, 0.3) is 0 Å². The molecule has 0 aliphatic heterocycles. The summed E-state index contributed by atoms with van der Waals surface area (Å²) < 4.78 is 0. The van der Waals surface area contributed by atoms with Gasteiger partial charge in [-0.3, -0.25) is 0 Å². The molecular weight excluding hydrogens is 158 g/mol. The number of nitrogens with one attached hydrogen (secondary N) is 1. The SMILES string of the molecule is CC(C)=CCC[C@H](C)NCC(C)C. The van der Waals surface area contributed by atoms with E-state index in [1.54, 1.807) is 0 Å². The summed E-state index contributed by atoms with van der Waals surface area (Å²) in [7, 11) is 0. The molecular formula is C12H25N. The van der Waals surface area contributed by atoms with Crippen molar-refractivity contribution in [3.05, 3.63) is 11.6 Å². The van der Waals surface area contributed by atoms with Gasteiger partial charge in [0.1, 0.15) is 0 Å². The van der Waals surface area contributed by atoms with Crippen molar-refractivity contribution in [3.8, 4) is 0 Å². The Bertz CT molecular complexity index is 143. The molecule has 0 radical (unpaired) electrons. The molecule has 0 aliphatic rings. The van der Waals surface area contributed by atoms with Crippen LogP contribution in [0.1, 0.15) is 47.5 Å². The third-order valence-electron chi connectivity index (χ3n) is 2.03. The van der Waals surface area contributed by atoms with Crippen LogP contribution in [0.5, 0.6) is 0 Å². The van der Waals surface area contributed by atoms with Crippen LogP contribution in [0.2, 0.25) is 0 Å². The van der Waals surface area contributed by atoms with Crippen molar-refractivity contribution in [3.63, 3.8) is 0 Å². The molecule has 1 heteroatoms. The van der Waals surface area contributed by atoms with E-state index >= 15 is 0 Å². The number of hydrogen-bond donors (Lipinski definition) is 1. The standard InChI is InChI=1S/C12H25N/c1-10(2)7-6-8-12(5)13-9-11(3)4/h7,11-13H,6,8-9H2,1-5H3/t12-/m0/s1. The third kappa shape index (κ3) is 9.62. The van der Waals surface area contributed by atoms with Gasteiger partial charge < -0.3 is 5.32 Å². The number of rotatable bonds is 6. The molecule has 0 fully saturated rings. The Balaban J connectivity index is 3.40. The summed E-state index contributed by atoms with van der Waals surface area (Å²) in [4.78, 5) is 0. The van der Waals surface area contributed by atoms with Crippen molar-refractivity contribution in [2.24, 2.45) is 5.92 Å². The number of hydrogen-bond acceptors (Lipinski definition) is 1. The molecule has 1 atom stereocenters. The number of allylic oxidation sites excluding steroid dienone is 2. The minimum atomic E-state index is 0.651.